The first-order chi connectivity index (χ1) is 13.3. The molecule has 7 heteroatoms. The molecule has 4 rings (SSSR count). The molecule has 0 radical (unpaired) electrons. The van der Waals surface area contributed by atoms with Crippen molar-refractivity contribution in [2.24, 2.45) is 5.92 Å². The van der Waals surface area contributed by atoms with E-state index in [0.29, 0.717) is 13.0 Å². The van der Waals surface area contributed by atoms with Crippen molar-refractivity contribution in [2.45, 2.75) is 25.7 Å². The molecule has 1 aliphatic carbocycles. The Balaban J connectivity index is 1.31. The number of aromatic nitrogens is 3. The molecule has 142 valence electrons. The number of anilines is 1. The normalized spacial score (nSPS) is 19.4. The standard InChI is InChI=1S/C20H25N5O2/c26-19(22-8-6-17-3-1-2-7-21-17)15-4-5-18-16(13-15)14-23-20(24-18)25-9-11-27-12-10-25/h1-3,7,14-15H,4-6,8-13H2,(H,22,26)/t15-/m0/s1. The van der Waals surface area contributed by atoms with Gasteiger partial charge >= 0.3 is 0 Å². The number of amides is 1. The van der Waals surface area contributed by atoms with Gasteiger partial charge in [-0.2, -0.15) is 0 Å². The summed E-state index contributed by atoms with van der Waals surface area (Å²) in [5, 5.41) is 3.05. The van der Waals surface area contributed by atoms with E-state index in [1.807, 2.05) is 24.4 Å². The Morgan fingerprint density at radius 3 is 2.96 bits per heavy atom. The lowest BCUT2D eigenvalue weighted by Gasteiger charge is -2.28. The van der Waals surface area contributed by atoms with Gasteiger partial charge in [-0.1, -0.05) is 6.07 Å². The average Bonchev–Trinajstić information content (AvgIpc) is 2.74. The van der Waals surface area contributed by atoms with E-state index < -0.39 is 0 Å². The lowest BCUT2D eigenvalue weighted by molar-refractivity contribution is -0.125. The monoisotopic (exact) mass is 367 g/mol. The van der Waals surface area contributed by atoms with E-state index in [4.69, 9.17) is 9.72 Å². The van der Waals surface area contributed by atoms with Gasteiger partial charge in [-0.25, -0.2) is 9.97 Å². The Morgan fingerprint density at radius 2 is 2.15 bits per heavy atom. The highest BCUT2D eigenvalue weighted by Crippen LogP contribution is 2.25. The molecule has 0 saturated carbocycles. The van der Waals surface area contributed by atoms with E-state index in [-0.39, 0.29) is 11.8 Å². The molecule has 1 atom stereocenters. The van der Waals surface area contributed by atoms with Crippen molar-refractivity contribution in [3.05, 3.63) is 47.5 Å². The zero-order valence-corrected chi connectivity index (χ0v) is 15.4. The molecule has 3 heterocycles. The molecule has 27 heavy (non-hydrogen) atoms. The van der Waals surface area contributed by atoms with Gasteiger partial charge in [0.2, 0.25) is 11.9 Å². The highest BCUT2D eigenvalue weighted by atomic mass is 16.5. The number of morpholine rings is 1. The van der Waals surface area contributed by atoms with Gasteiger partial charge in [0.25, 0.3) is 0 Å². The molecule has 7 nitrogen and oxygen atoms in total. The van der Waals surface area contributed by atoms with Crippen LogP contribution in [0.15, 0.2) is 30.6 Å². The number of rotatable bonds is 5. The first-order valence-corrected chi connectivity index (χ1v) is 9.65. The van der Waals surface area contributed by atoms with Crippen LogP contribution in [0.2, 0.25) is 0 Å². The Bertz CT molecular complexity index is 777. The van der Waals surface area contributed by atoms with E-state index in [1.165, 1.54) is 0 Å². The Labute approximate surface area is 159 Å². The first kappa shape index (κ1) is 17.9. The molecular weight excluding hydrogens is 342 g/mol. The van der Waals surface area contributed by atoms with Crippen LogP contribution >= 0.6 is 0 Å². The fourth-order valence-electron chi connectivity index (χ4n) is 3.64. The average molecular weight is 367 g/mol. The summed E-state index contributed by atoms with van der Waals surface area (Å²) in [6, 6.07) is 5.84. The molecule has 1 amide bonds. The van der Waals surface area contributed by atoms with Gasteiger partial charge < -0.3 is 15.0 Å². The number of carbonyl (C=O) groups is 1. The maximum Gasteiger partial charge on any atom is 0.225 e. The number of hydrogen-bond donors (Lipinski definition) is 1. The molecule has 2 aromatic rings. The highest BCUT2D eigenvalue weighted by molar-refractivity contribution is 5.79. The fraction of sp³-hybridized carbons (Fsp3) is 0.500. The minimum Gasteiger partial charge on any atom is -0.378 e. The van der Waals surface area contributed by atoms with Crippen LogP contribution < -0.4 is 10.2 Å². The van der Waals surface area contributed by atoms with E-state index in [0.717, 1.165) is 68.5 Å². The number of aryl methyl sites for hydroxylation is 1. The number of fused-ring (bicyclic) bond motifs is 1. The second kappa shape index (κ2) is 8.43. The van der Waals surface area contributed by atoms with Crippen LogP contribution in [0.4, 0.5) is 5.95 Å². The summed E-state index contributed by atoms with van der Waals surface area (Å²) in [5.74, 6) is 0.906. The van der Waals surface area contributed by atoms with Crippen LogP contribution in [0, 0.1) is 5.92 Å². The van der Waals surface area contributed by atoms with Crippen molar-refractivity contribution in [2.75, 3.05) is 37.7 Å². The van der Waals surface area contributed by atoms with Crippen LogP contribution in [-0.4, -0.2) is 53.7 Å². The minimum absolute atomic E-state index is 0.000862. The second-order valence-electron chi connectivity index (χ2n) is 7.04. The molecule has 0 aromatic carbocycles. The van der Waals surface area contributed by atoms with Gasteiger partial charge in [0, 0.05) is 55.8 Å². The number of carbonyl (C=O) groups excluding carboxylic acids is 1. The predicted molar refractivity (Wildman–Crippen MR) is 102 cm³/mol. The van der Waals surface area contributed by atoms with E-state index >= 15 is 0 Å². The zero-order valence-electron chi connectivity index (χ0n) is 15.4. The molecule has 1 N–H and O–H groups in total. The maximum absolute atomic E-state index is 12.5. The van der Waals surface area contributed by atoms with Crippen molar-refractivity contribution in [1.82, 2.24) is 20.3 Å². The van der Waals surface area contributed by atoms with Crippen molar-refractivity contribution >= 4 is 11.9 Å². The SMILES string of the molecule is O=C(NCCc1ccccn1)[C@H]1CCc2nc(N3CCOCC3)ncc2C1. The van der Waals surface area contributed by atoms with Gasteiger partial charge in [-0.15, -0.1) is 0 Å². The van der Waals surface area contributed by atoms with Crippen LogP contribution in [0.1, 0.15) is 23.4 Å². The first-order valence-electron chi connectivity index (χ1n) is 9.65. The van der Waals surface area contributed by atoms with Crippen LogP contribution in [0.5, 0.6) is 0 Å². The highest BCUT2D eigenvalue weighted by Gasteiger charge is 2.26. The summed E-state index contributed by atoms with van der Waals surface area (Å²) in [5.41, 5.74) is 3.18. The van der Waals surface area contributed by atoms with Crippen molar-refractivity contribution in [1.29, 1.82) is 0 Å². The summed E-state index contributed by atoms with van der Waals surface area (Å²) < 4.78 is 5.39. The molecule has 1 saturated heterocycles. The molecule has 0 spiro atoms. The number of nitrogens with zero attached hydrogens (tertiary/aromatic N) is 4. The number of pyridine rings is 1. The van der Waals surface area contributed by atoms with Gasteiger partial charge in [0.1, 0.15) is 0 Å². The molecule has 0 bridgehead atoms. The number of nitrogens with one attached hydrogen (secondary N) is 1. The van der Waals surface area contributed by atoms with Crippen molar-refractivity contribution in [3.63, 3.8) is 0 Å². The van der Waals surface area contributed by atoms with Gasteiger partial charge in [-0.05, 0) is 37.0 Å². The topological polar surface area (TPSA) is 80.2 Å². The predicted octanol–water partition coefficient (Wildman–Crippen LogP) is 1.17. The van der Waals surface area contributed by atoms with Crippen LogP contribution in [-0.2, 0) is 28.8 Å². The lowest BCUT2D eigenvalue weighted by Crippen LogP contribution is -2.38. The van der Waals surface area contributed by atoms with Crippen molar-refractivity contribution < 1.29 is 9.53 Å². The lowest BCUT2D eigenvalue weighted by atomic mass is 9.86. The summed E-state index contributed by atoms with van der Waals surface area (Å²) in [6.07, 6.45) is 6.81. The smallest absolute Gasteiger partial charge is 0.225 e. The Kier molecular flexibility index (Phi) is 5.58. The summed E-state index contributed by atoms with van der Waals surface area (Å²) in [4.78, 5) is 28.3. The third kappa shape index (κ3) is 4.42. The zero-order chi connectivity index (χ0) is 18.5. The third-order valence-corrected chi connectivity index (χ3v) is 5.21. The molecule has 2 aromatic heterocycles. The molecule has 1 aliphatic heterocycles. The Morgan fingerprint density at radius 1 is 1.26 bits per heavy atom. The van der Waals surface area contributed by atoms with E-state index in [9.17, 15) is 4.79 Å². The van der Waals surface area contributed by atoms with E-state index in [2.05, 4.69) is 20.2 Å². The fourth-order valence-corrected chi connectivity index (χ4v) is 3.64. The molecule has 0 unspecified atom stereocenters. The van der Waals surface area contributed by atoms with Crippen LogP contribution in [0.3, 0.4) is 0 Å². The van der Waals surface area contributed by atoms with Gasteiger partial charge in [0.05, 0.1) is 13.2 Å². The third-order valence-electron chi connectivity index (χ3n) is 5.21. The van der Waals surface area contributed by atoms with Crippen LogP contribution in [0.25, 0.3) is 0 Å². The Hall–Kier alpha value is -2.54. The minimum atomic E-state index is -0.000862. The number of hydrogen-bond acceptors (Lipinski definition) is 6. The second-order valence-corrected chi connectivity index (χ2v) is 7.04. The largest absolute Gasteiger partial charge is 0.378 e. The van der Waals surface area contributed by atoms with E-state index in [1.54, 1.807) is 6.20 Å². The summed E-state index contributed by atoms with van der Waals surface area (Å²) in [6.45, 7) is 3.73. The quantitative estimate of drug-likeness (QED) is 0.855. The van der Waals surface area contributed by atoms with Crippen molar-refractivity contribution in [3.8, 4) is 0 Å². The summed E-state index contributed by atoms with van der Waals surface area (Å²) in [7, 11) is 0. The number of ether oxygens (including phenoxy) is 1. The maximum atomic E-state index is 12.5. The molecule has 1 fully saturated rings. The van der Waals surface area contributed by atoms with Gasteiger partial charge in [-0.3, -0.25) is 9.78 Å². The molecule has 2 aliphatic rings. The molecular formula is C20H25N5O2. The van der Waals surface area contributed by atoms with Gasteiger partial charge in [0.15, 0.2) is 0 Å². The summed E-state index contributed by atoms with van der Waals surface area (Å²) >= 11 is 0.